The fourth-order valence-corrected chi connectivity index (χ4v) is 5.36. The van der Waals surface area contributed by atoms with Gasteiger partial charge in [0.25, 0.3) is 5.91 Å². The highest BCUT2D eigenvalue weighted by molar-refractivity contribution is 6.30. The zero-order valence-corrected chi connectivity index (χ0v) is 17.7. The molecule has 1 unspecified atom stereocenters. The number of benzene rings is 1. The predicted molar refractivity (Wildman–Crippen MR) is 115 cm³/mol. The molecule has 1 aliphatic carbocycles. The van der Waals surface area contributed by atoms with Gasteiger partial charge in [0.05, 0.1) is 18.0 Å². The number of carbonyl (C=O) groups excluding carboxylic acids is 2. The first-order valence-corrected chi connectivity index (χ1v) is 11.0. The minimum Gasteiger partial charge on any atom is -0.330 e. The average molecular weight is 427 g/mol. The Morgan fingerprint density at radius 3 is 2.67 bits per heavy atom. The molecule has 2 fully saturated rings. The lowest BCUT2D eigenvalue weighted by Crippen LogP contribution is -2.52. The maximum absolute atomic E-state index is 13.1. The predicted octanol–water partition coefficient (Wildman–Crippen LogP) is 3.74. The molecule has 1 aromatic carbocycles. The number of rotatable bonds is 4. The molecule has 2 aliphatic rings. The number of hydrogen-bond donors (Lipinski definition) is 1. The summed E-state index contributed by atoms with van der Waals surface area (Å²) in [6, 6.07) is 9.53. The smallest absolute Gasteiger partial charge is 0.262 e. The number of imide groups is 1. The molecule has 158 valence electrons. The molecule has 30 heavy (non-hydrogen) atoms. The van der Waals surface area contributed by atoms with Gasteiger partial charge in [0.15, 0.2) is 0 Å². The van der Waals surface area contributed by atoms with Crippen LogP contribution in [0.4, 0.5) is 0 Å². The van der Waals surface area contributed by atoms with Gasteiger partial charge in [-0.25, -0.2) is 0 Å². The van der Waals surface area contributed by atoms with Gasteiger partial charge >= 0.3 is 0 Å². The highest BCUT2D eigenvalue weighted by Gasteiger charge is 2.43. The summed E-state index contributed by atoms with van der Waals surface area (Å²) < 4.78 is 0. The van der Waals surface area contributed by atoms with E-state index in [2.05, 4.69) is 16.3 Å². The van der Waals surface area contributed by atoms with E-state index in [0.29, 0.717) is 18.5 Å². The molecule has 0 spiro atoms. The number of likely N-dealkylation sites (tertiary alicyclic amines) is 1. The molecule has 2 heterocycles. The van der Waals surface area contributed by atoms with E-state index in [4.69, 9.17) is 17.3 Å². The van der Waals surface area contributed by atoms with Crippen molar-refractivity contribution in [2.45, 2.75) is 56.4 Å². The molecule has 6 nitrogen and oxygen atoms in total. The van der Waals surface area contributed by atoms with Crippen molar-refractivity contribution in [3.05, 3.63) is 58.9 Å². The molecule has 1 saturated carbocycles. The Kier molecular flexibility index (Phi) is 6.16. The van der Waals surface area contributed by atoms with Crippen molar-refractivity contribution in [1.29, 1.82) is 0 Å². The van der Waals surface area contributed by atoms with Gasteiger partial charge in [0, 0.05) is 29.4 Å². The minimum absolute atomic E-state index is 0.0675. The van der Waals surface area contributed by atoms with Crippen LogP contribution in [0.1, 0.15) is 60.9 Å². The second-order valence-electron chi connectivity index (χ2n) is 8.49. The first-order chi connectivity index (χ1) is 14.5. The number of carbonyl (C=O) groups is 2. The molecule has 1 saturated heterocycles. The number of aromatic nitrogens is 2. The lowest BCUT2D eigenvalue weighted by molar-refractivity contribution is -0.134. The largest absolute Gasteiger partial charge is 0.330 e. The number of halogens is 1. The lowest BCUT2D eigenvalue weighted by atomic mass is 9.64. The van der Waals surface area contributed by atoms with Crippen LogP contribution < -0.4 is 5.73 Å². The number of hydrogen-bond acceptors (Lipinski definition) is 5. The summed E-state index contributed by atoms with van der Waals surface area (Å²) in [7, 11) is 0. The van der Waals surface area contributed by atoms with Crippen LogP contribution in [0.15, 0.2) is 42.7 Å². The van der Waals surface area contributed by atoms with Gasteiger partial charge in [-0.05, 0) is 68.2 Å². The Balaban J connectivity index is 1.53. The number of amides is 2. The molecule has 2 amide bonds. The zero-order valence-electron chi connectivity index (χ0n) is 17.0. The molecule has 1 aliphatic heterocycles. The van der Waals surface area contributed by atoms with Crippen LogP contribution in [-0.4, -0.2) is 39.5 Å². The second-order valence-corrected chi connectivity index (χ2v) is 8.93. The van der Waals surface area contributed by atoms with Crippen LogP contribution in [0, 0.1) is 5.92 Å². The fourth-order valence-electron chi connectivity index (χ4n) is 5.17. The Hall–Kier alpha value is -2.31. The minimum atomic E-state index is -0.259. The normalized spacial score (nSPS) is 27.1. The van der Waals surface area contributed by atoms with Gasteiger partial charge in [-0.2, -0.15) is 10.2 Å². The molecule has 1 aromatic heterocycles. The Labute approximate surface area is 181 Å². The third-order valence-electron chi connectivity index (χ3n) is 6.90. The molecule has 0 bridgehead atoms. The van der Waals surface area contributed by atoms with Crippen LogP contribution in [0.5, 0.6) is 0 Å². The maximum Gasteiger partial charge on any atom is 0.262 e. The Morgan fingerprint density at radius 1 is 1.20 bits per heavy atom. The van der Waals surface area contributed by atoms with Crippen molar-refractivity contribution in [3.63, 3.8) is 0 Å². The molecule has 1 atom stereocenters. The average Bonchev–Trinajstić information content (AvgIpc) is 2.79. The third-order valence-corrected chi connectivity index (χ3v) is 7.14. The topological polar surface area (TPSA) is 89.2 Å². The molecule has 0 radical (unpaired) electrons. The van der Waals surface area contributed by atoms with E-state index in [1.54, 1.807) is 6.07 Å². The van der Waals surface area contributed by atoms with E-state index in [1.165, 1.54) is 22.9 Å². The van der Waals surface area contributed by atoms with Gasteiger partial charge in [0.1, 0.15) is 0 Å². The van der Waals surface area contributed by atoms with E-state index < -0.39 is 0 Å². The first-order valence-electron chi connectivity index (χ1n) is 10.6. The quantitative estimate of drug-likeness (QED) is 0.752. The molecule has 7 heteroatoms. The van der Waals surface area contributed by atoms with Gasteiger partial charge in [-0.3, -0.25) is 14.5 Å². The Morgan fingerprint density at radius 2 is 2.00 bits per heavy atom. The second kappa shape index (κ2) is 8.82. The van der Waals surface area contributed by atoms with Crippen molar-refractivity contribution in [1.82, 2.24) is 15.1 Å². The van der Waals surface area contributed by atoms with Gasteiger partial charge in [0.2, 0.25) is 5.91 Å². The standard InChI is InChI=1S/C23H27ClN4O2/c24-19-4-1-3-18(13-19)23(15-25)10-7-16(8-11-23)20-5-2-6-21(29)28(20)22(30)17-9-12-26-27-14-17/h1,3-4,9,12-14,16,20H,2,5-8,10-11,15,25H2/t16-,20?,23-. The van der Waals surface area contributed by atoms with Crippen molar-refractivity contribution in [3.8, 4) is 0 Å². The summed E-state index contributed by atoms with van der Waals surface area (Å²) in [6.07, 6.45) is 8.74. The SMILES string of the molecule is NC[C@]1(c2cccc(Cl)c2)CC[C@H](C2CCCC(=O)N2C(=O)c2ccnnc2)CC1. The molecule has 2 N–H and O–H groups in total. The lowest BCUT2D eigenvalue weighted by Gasteiger charge is -2.45. The first kappa shape index (κ1) is 20.9. The van der Waals surface area contributed by atoms with Crippen molar-refractivity contribution in [2.75, 3.05) is 6.54 Å². The zero-order chi connectivity index (χ0) is 21.1. The highest BCUT2D eigenvalue weighted by Crippen LogP contribution is 2.44. The van der Waals surface area contributed by atoms with Crippen LogP contribution in [0.3, 0.4) is 0 Å². The Bertz CT molecular complexity index is 912. The summed E-state index contributed by atoms with van der Waals surface area (Å²) in [4.78, 5) is 27.3. The van der Waals surface area contributed by atoms with E-state index >= 15 is 0 Å². The molecule has 2 aromatic rings. The van der Waals surface area contributed by atoms with Crippen LogP contribution in [0.25, 0.3) is 0 Å². The summed E-state index contributed by atoms with van der Waals surface area (Å²) in [5, 5.41) is 8.26. The van der Waals surface area contributed by atoms with E-state index in [-0.39, 0.29) is 29.2 Å². The molecule has 4 rings (SSSR count). The number of nitrogens with two attached hydrogens (primary N) is 1. The number of piperidine rings is 1. The van der Waals surface area contributed by atoms with Crippen LogP contribution in [-0.2, 0) is 10.2 Å². The summed E-state index contributed by atoms with van der Waals surface area (Å²) in [6.45, 7) is 0.564. The fraction of sp³-hybridized carbons (Fsp3) is 0.478. The van der Waals surface area contributed by atoms with Crippen molar-refractivity contribution >= 4 is 23.4 Å². The summed E-state index contributed by atoms with van der Waals surface area (Å²) >= 11 is 6.23. The molecular formula is C23H27ClN4O2. The summed E-state index contributed by atoms with van der Waals surface area (Å²) in [5.74, 6) is -0.0597. The van der Waals surface area contributed by atoms with Crippen LogP contribution >= 0.6 is 11.6 Å². The number of nitrogens with zero attached hydrogens (tertiary/aromatic N) is 3. The van der Waals surface area contributed by atoms with E-state index in [9.17, 15) is 9.59 Å². The molecular weight excluding hydrogens is 400 g/mol. The van der Waals surface area contributed by atoms with Gasteiger partial charge in [-0.1, -0.05) is 23.7 Å². The van der Waals surface area contributed by atoms with Crippen molar-refractivity contribution < 1.29 is 9.59 Å². The van der Waals surface area contributed by atoms with E-state index in [0.717, 1.165) is 43.5 Å². The van der Waals surface area contributed by atoms with Crippen LogP contribution in [0.2, 0.25) is 5.02 Å². The highest BCUT2D eigenvalue weighted by atomic mass is 35.5. The maximum atomic E-state index is 13.1. The summed E-state index contributed by atoms with van der Waals surface area (Å²) in [5.41, 5.74) is 7.75. The monoisotopic (exact) mass is 426 g/mol. The van der Waals surface area contributed by atoms with Gasteiger partial charge in [-0.15, -0.1) is 0 Å². The third kappa shape index (κ3) is 3.98. The van der Waals surface area contributed by atoms with Gasteiger partial charge < -0.3 is 5.73 Å². The van der Waals surface area contributed by atoms with Crippen molar-refractivity contribution in [2.24, 2.45) is 11.7 Å². The van der Waals surface area contributed by atoms with E-state index in [1.807, 2.05) is 18.2 Å².